The number of nitro benzene ring substituents is 1. The van der Waals surface area contributed by atoms with Crippen LogP contribution in [-0.2, 0) is 10.2 Å². The predicted octanol–water partition coefficient (Wildman–Crippen LogP) is 1.92. The van der Waals surface area contributed by atoms with Gasteiger partial charge >= 0.3 is 0 Å². The van der Waals surface area contributed by atoms with Gasteiger partial charge in [0.2, 0.25) is 5.91 Å². The van der Waals surface area contributed by atoms with Crippen molar-refractivity contribution in [2.75, 3.05) is 0 Å². The number of nitro groups is 1. The van der Waals surface area contributed by atoms with Crippen LogP contribution >= 0.6 is 0 Å². The first kappa shape index (κ1) is 13.2. The van der Waals surface area contributed by atoms with Crippen molar-refractivity contribution in [2.24, 2.45) is 0 Å². The molecule has 0 spiro atoms. The highest BCUT2D eigenvalue weighted by atomic mass is 16.6. The molecule has 0 unspecified atom stereocenters. The summed E-state index contributed by atoms with van der Waals surface area (Å²) in [5.41, 5.74) is -0.128. The zero-order valence-electron chi connectivity index (χ0n) is 10.7. The number of rotatable bonds is 3. The number of imide groups is 1. The van der Waals surface area contributed by atoms with Gasteiger partial charge in [0, 0.05) is 12.1 Å². The molecule has 1 heterocycles. The highest BCUT2D eigenvalue weighted by molar-refractivity contribution is 6.13. The molecule has 0 saturated carbocycles. The largest absolute Gasteiger partial charge is 0.292 e. The third-order valence-electron chi connectivity index (χ3n) is 3.84. The molecule has 0 fully saturated rings. The summed E-state index contributed by atoms with van der Waals surface area (Å²) < 4.78 is 0. The Morgan fingerprint density at radius 3 is 2.42 bits per heavy atom. The summed E-state index contributed by atoms with van der Waals surface area (Å²) >= 11 is 0. The lowest BCUT2D eigenvalue weighted by atomic mass is 9.71. The van der Waals surface area contributed by atoms with Crippen LogP contribution in [0.3, 0.4) is 0 Å². The van der Waals surface area contributed by atoms with E-state index < -0.39 is 16.2 Å². The second kappa shape index (κ2) is 4.46. The number of amides is 2. The molecule has 1 aliphatic heterocycles. The average molecular weight is 262 g/mol. The molecule has 2 rings (SSSR count). The van der Waals surface area contributed by atoms with Crippen LogP contribution in [0.15, 0.2) is 18.2 Å². The van der Waals surface area contributed by atoms with Crippen molar-refractivity contribution in [2.45, 2.75) is 32.1 Å². The number of hydrogen-bond acceptors (Lipinski definition) is 4. The number of carbonyl (C=O) groups is 2. The maximum absolute atomic E-state index is 12.1. The minimum absolute atomic E-state index is 0.149. The van der Waals surface area contributed by atoms with Gasteiger partial charge in [0.05, 0.1) is 15.9 Å². The minimum Gasteiger partial charge on any atom is -0.292 e. The van der Waals surface area contributed by atoms with E-state index in [1.807, 2.05) is 13.8 Å². The lowest BCUT2D eigenvalue weighted by Gasteiger charge is -2.35. The van der Waals surface area contributed by atoms with Crippen molar-refractivity contribution >= 4 is 17.5 Å². The van der Waals surface area contributed by atoms with Gasteiger partial charge in [-0.2, -0.15) is 0 Å². The summed E-state index contributed by atoms with van der Waals surface area (Å²) in [6.07, 6.45) is 1.07. The third-order valence-corrected chi connectivity index (χ3v) is 3.84. The van der Waals surface area contributed by atoms with Crippen molar-refractivity contribution in [3.05, 3.63) is 39.4 Å². The van der Waals surface area contributed by atoms with E-state index in [0.29, 0.717) is 18.4 Å². The molecule has 6 heteroatoms. The maximum Gasteiger partial charge on any atom is 0.270 e. The van der Waals surface area contributed by atoms with E-state index in [1.54, 1.807) is 0 Å². The highest BCUT2D eigenvalue weighted by Gasteiger charge is 2.44. The molecule has 6 nitrogen and oxygen atoms in total. The molecule has 0 atom stereocenters. The minimum atomic E-state index is -0.779. The van der Waals surface area contributed by atoms with Crippen LogP contribution in [0.25, 0.3) is 0 Å². The van der Waals surface area contributed by atoms with Crippen LogP contribution in [0.1, 0.15) is 42.6 Å². The Balaban J connectivity index is 2.69. The van der Waals surface area contributed by atoms with Gasteiger partial charge in [-0.1, -0.05) is 19.9 Å². The molecule has 2 amide bonds. The second-order valence-electron chi connectivity index (χ2n) is 4.56. The predicted molar refractivity (Wildman–Crippen MR) is 67.8 cm³/mol. The Morgan fingerprint density at radius 1 is 1.26 bits per heavy atom. The van der Waals surface area contributed by atoms with Gasteiger partial charge in [-0.05, 0) is 18.4 Å². The first-order chi connectivity index (χ1) is 8.96. The van der Waals surface area contributed by atoms with Crippen LogP contribution in [0.2, 0.25) is 0 Å². The Kier molecular flexibility index (Phi) is 3.09. The second-order valence-corrected chi connectivity index (χ2v) is 4.56. The lowest BCUT2D eigenvalue weighted by molar-refractivity contribution is -0.384. The third kappa shape index (κ3) is 1.80. The first-order valence-electron chi connectivity index (χ1n) is 6.11. The van der Waals surface area contributed by atoms with Crippen molar-refractivity contribution in [1.82, 2.24) is 5.32 Å². The molecule has 0 radical (unpaired) electrons. The summed E-state index contributed by atoms with van der Waals surface area (Å²) in [7, 11) is 0. The van der Waals surface area contributed by atoms with Crippen LogP contribution in [0, 0.1) is 10.1 Å². The van der Waals surface area contributed by atoms with Crippen molar-refractivity contribution < 1.29 is 14.5 Å². The molecule has 100 valence electrons. The van der Waals surface area contributed by atoms with Gasteiger partial charge in [-0.25, -0.2) is 0 Å². The molecule has 0 aliphatic carbocycles. The zero-order valence-corrected chi connectivity index (χ0v) is 10.7. The molecule has 0 saturated heterocycles. The molecule has 0 bridgehead atoms. The summed E-state index contributed by atoms with van der Waals surface area (Å²) in [4.78, 5) is 34.2. The average Bonchev–Trinajstić information content (AvgIpc) is 2.39. The monoisotopic (exact) mass is 262 g/mol. The zero-order chi connectivity index (χ0) is 14.2. The molecule has 1 aromatic rings. The van der Waals surface area contributed by atoms with Gasteiger partial charge in [0.1, 0.15) is 0 Å². The summed E-state index contributed by atoms with van der Waals surface area (Å²) in [5, 5.41) is 13.1. The number of carbonyl (C=O) groups excluding carboxylic acids is 2. The fraction of sp³-hybridized carbons (Fsp3) is 0.385. The normalized spacial score (nSPS) is 16.7. The lowest BCUT2D eigenvalue weighted by Crippen LogP contribution is -2.51. The van der Waals surface area contributed by atoms with E-state index in [2.05, 4.69) is 5.32 Å². The molecule has 19 heavy (non-hydrogen) atoms. The first-order valence-corrected chi connectivity index (χ1v) is 6.11. The topological polar surface area (TPSA) is 89.3 Å². The fourth-order valence-corrected chi connectivity index (χ4v) is 2.62. The van der Waals surface area contributed by atoms with Crippen LogP contribution in [-0.4, -0.2) is 16.7 Å². The smallest absolute Gasteiger partial charge is 0.270 e. The van der Waals surface area contributed by atoms with Gasteiger partial charge in [0.15, 0.2) is 0 Å². The van der Waals surface area contributed by atoms with Crippen LogP contribution in [0.4, 0.5) is 5.69 Å². The molecular weight excluding hydrogens is 248 g/mol. The Morgan fingerprint density at radius 2 is 1.89 bits per heavy atom. The number of hydrogen-bond donors (Lipinski definition) is 1. The number of nitrogens with one attached hydrogen (secondary N) is 1. The van der Waals surface area contributed by atoms with Crippen LogP contribution in [0.5, 0.6) is 0 Å². The van der Waals surface area contributed by atoms with E-state index in [4.69, 9.17) is 0 Å². The van der Waals surface area contributed by atoms with Crippen molar-refractivity contribution in [3.8, 4) is 0 Å². The molecule has 1 aliphatic rings. The van der Waals surface area contributed by atoms with E-state index in [1.165, 1.54) is 18.2 Å². The van der Waals surface area contributed by atoms with Gasteiger partial charge in [-0.3, -0.25) is 25.0 Å². The van der Waals surface area contributed by atoms with E-state index in [9.17, 15) is 19.7 Å². The highest BCUT2D eigenvalue weighted by Crippen LogP contribution is 2.38. The van der Waals surface area contributed by atoms with Crippen molar-refractivity contribution in [3.63, 3.8) is 0 Å². The number of nitrogens with zero attached hydrogens (tertiary/aromatic N) is 1. The van der Waals surface area contributed by atoms with E-state index in [-0.39, 0.29) is 17.2 Å². The maximum atomic E-state index is 12.1. The Hall–Kier alpha value is -2.24. The van der Waals surface area contributed by atoms with Gasteiger partial charge in [0.25, 0.3) is 11.6 Å². The van der Waals surface area contributed by atoms with Crippen LogP contribution < -0.4 is 5.32 Å². The van der Waals surface area contributed by atoms with Gasteiger partial charge in [-0.15, -0.1) is 0 Å². The fourth-order valence-electron chi connectivity index (χ4n) is 2.62. The Bertz CT molecular complexity index is 576. The summed E-state index contributed by atoms with van der Waals surface area (Å²) in [6.45, 7) is 3.73. The molecule has 0 aromatic heterocycles. The quantitative estimate of drug-likeness (QED) is 0.512. The van der Waals surface area contributed by atoms with Crippen molar-refractivity contribution in [1.29, 1.82) is 0 Å². The van der Waals surface area contributed by atoms with E-state index in [0.717, 1.165) is 0 Å². The number of benzene rings is 1. The Labute approximate surface area is 110 Å². The molecular formula is C13H14N2O4. The van der Waals surface area contributed by atoms with E-state index >= 15 is 0 Å². The SMILES string of the molecule is CCC1(CC)C(=O)NC(=O)c2cc([N+](=O)[O-])ccc21. The molecule has 1 aromatic carbocycles. The number of non-ortho nitro benzene ring substituents is 1. The standard InChI is InChI=1S/C13H14N2O4/c1-3-13(4-2)10-6-5-8(15(18)19)7-9(10)11(16)14-12(13)17/h5-7H,3-4H2,1-2H3,(H,14,16,17). The summed E-state index contributed by atoms with van der Waals surface area (Å²) in [6, 6.07) is 4.10. The number of fused-ring (bicyclic) bond motifs is 1. The summed E-state index contributed by atoms with van der Waals surface area (Å²) in [5.74, 6) is -0.898. The van der Waals surface area contributed by atoms with Gasteiger partial charge < -0.3 is 0 Å². The molecule has 1 N–H and O–H groups in total.